The van der Waals surface area contributed by atoms with Crippen LogP contribution in [0.5, 0.6) is 0 Å². The summed E-state index contributed by atoms with van der Waals surface area (Å²) in [6, 6.07) is 0. The first kappa shape index (κ1) is 38.4. The van der Waals surface area contributed by atoms with Crippen molar-refractivity contribution in [3.63, 3.8) is 0 Å². The number of carbonyl (C=O) groups is 2. The molecule has 1 unspecified atom stereocenters. The van der Waals surface area contributed by atoms with Gasteiger partial charge in [0, 0.05) is 12.8 Å². The van der Waals surface area contributed by atoms with Crippen molar-refractivity contribution < 1.29 is 19.1 Å². The zero-order valence-corrected chi connectivity index (χ0v) is 26.6. The van der Waals surface area contributed by atoms with E-state index < -0.39 is 0 Å². The molecular weight excluding hydrogens is 496 g/mol. The summed E-state index contributed by atoms with van der Waals surface area (Å²) in [7, 11) is 0. The fourth-order valence-electron chi connectivity index (χ4n) is 5.07. The van der Waals surface area contributed by atoms with Gasteiger partial charge in [-0.05, 0) is 51.4 Å². The number of esters is 2. The van der Waals surface area contributed by atoms with Gasteiger partial charge in [0.05, 0.1) is 0 Å². The molecule has 0 aromatic heterocycles. The molecule has 0 amide bonds. The molecule has 4 heteroatoms. The summed E-state index contributed by atoms with van der Waals surface area (Å²) in [5, 5.41) is 0. The van der Waals surface area contributed by atoms with Gasteiger partial charge in [0.15, 0.2) is 0 Å². The van der Waals surface area contributed by atoms with Gasteiger partial charge in [-0.1, -0.05) is 128 Å². The molecular formula is C36H66O4. The molecule has 0 radical (unpaired) electrons. The fraction of sp³-hybridized carbons (Fsp3) is 0.833. The van der Waals surface area contributed by atoms with Gasteiger partial charge in [0.2, 0.25) is 0 Å². The van der Waals surface area contributed by atoms with Gasteiger partial charge >= 0.3 is 11.9 Å². The highest BCUT2D eigenvalue weighted by atomic mass is 16.6. The molecule has 0 heterocycles. The summed E-state index contributed by atoms with van der Waals surface area (Å²) in [4.78, 5) is 24.8. The van der Waals surface area contributed by atoms with Crippen molar-refractivity contribution in [3.8, 4) is 0 Å². The number of rotatable bonds is 32. The molecule has 1 atom stereocenters. The summed E-state index contributed by atoms with van der Waals surface area (Å²) in [5.74, 6) is -0.302. The lowest BCUT2D eigenvalue weighted by atomic mass is 10.0. The standard InChI is InChI=1S/C36H66O4/c1-4-7-10-13-16-19-20-21-24-27-30-34(40-36(38)32-29-26-23-18-15-12-9-6-3)33-39-35(37)31-28-25-22-17-14-11-8-5-2/h5-6,34H,2-4,7-33H2,1H3. The molecule has 0 rings (SSSR count). The van der Waals surface area contributed by atoms with Crippen molar-refractivity contribution in [2.45, 2.75) is 186 Å². The molecule has 0 N–H and O–H groups in total. The third kappa shape index (κ3) is 29.4. The van der Waals surface area contributed by atoms with E-state index in [0.29, 0.717) is 12.8 Å². The van der Waals surface area contributed by atoms with Crippen molar-refractivity contribution in [1.82, 2.24) is 0 Å². The molecule has 0 aromatic carbocycles. The summed E-state index contributed by atoms with van der Waals surface area (Å²) in [5.41, 5.74) is 0. The second-order valence-corrected chi connectivity index (χ2v) is 11.7. The van der Waals surface area contributed by atoms with E-state index in [9.17, 15) is 9.59 Å². The normalized spacial score (nSPS) is 11.7. The van der Waals surface area contributed by atoms with Crippen LogP contribution in [0.15, 0.2) is 25.3 Å². The van der Waals surface area contributed by atoms with Gasteiger partial charge in [0.25, 0.3) is 0 Å². The fourth-order valence-corrected chi connectivity index (χ4v) is 5.07. The first-order valence-electron chi connectivity index (χ1n) is 17.2. The number of carbonyl (C=O) groups excluding carboxylic acids is 2. The Hall–Kier alpha value is -1.58. The van der Waals surface area contributed by atoms with Gasteiger partial charge in [0.1, 0.15) is 12.7 Å². The highest BCUT2D eigenvalue weighted by molar-refractivity contribution is 5.70. The highest BCUT2D eigenvalue weighted by Crippen LogP contribution is 2.16. The van der Waals surface area contributed by atoms with Crippen LogP contribution in [0.4, 0.5) is 0 Å². The average Bonchev–Trinajstić information content (AvgIpc) is 2.95. The van der Waals surface area contributed by atoms with Gasteiger partial charge in [-0.3, -0.25) is 9.59 Å². The summed E-state index contributed by atoms with van der Waals surface area (Å²) >= 11 is 0. The Bertz CT molecular complexity index is 585. The number of unbranched alkanes of at least 4 members (excludes halogenated alkanes) is 21. The third-order valence-corrected chi connectivity index (χ3v) is 7.69. The molecule has 0 bridgehead atoms. The molecule has 4 nitrogen and oxygen atoms in total. The first-order valence-corrected chi connectivity index (χ1v) is 17.2. The molecule has 0 aliphatic carbocycles. The third-order valence-electron chi connectivity index (χ3n) is 7.69. The van der Waals surface area contributed by atoms with Crippen molar-refractivity contribution in [2.24, 2.45) is 0 Å². The van der Waals surface area contributed by atoms with E-state index in [0.717, 1.165) is 64.2 Å². The average molecular weight is 563 g/mol. The largest absolute Gasteiger partial charge is 0.462 e. The predicted octanol–water partition coefficient (Wildman–Crippen LogP) is 11.4. The first-order chi connectivity index (χ1) is 19.6. The van der Waals surface area contributed by atoms with Crippen molar-refractivity contribution >= 4 is 11.9 Å². The second kappa shape index (κ2) is 31.9. The molecule has 40 heavy (non-hydrogen) atoms. The lowest BCUT2D eigenvalue weighted by molar-refractivity contribution is -0.159. The minimum atomic E-state index is -0.311. The Kier molecular flexibility index (Phi) is 30.7. The predicted molar refractivity (Wildman–Crippen MR) is 172 cm³/mol. The molecule has 0 saturated carbocycles. The Balaban J connectivity index is 4.21. The Morgan fingerprint density at radius 3 is 1.43 bits per heavy atom. The molecule has 0 aromatic rings. The SMILES string of the molecule is C=CCCCCCCCCC(=O)OCC(CCCCCCCCCCCC)OC(=O)CCCCCCCCC=C. The van der Waals surface area contributed by atoms with Gasteiger partial charge in [-0.2, -0.15) is 0 Å². The van der Waals surface area contributed by atoms with Crippen LogP contribution < -0.4 is 0 Å². The number of ether oxygens (including phenoxy) is 2. The van der Waals surface area contributed by atoms with Crippen LogP contribution in [-0.4, -0.2) is 24.6 Å². The van der Waals surface area contributed by atoms with E-state index in [1.165, 1.54) is 96.3 Å². The summed E-state index contributed by atoms with van der Waals surface area (Å²) < 4.78 is 11.4. The highest BCUT2D eigenvalue weighted by Gasteiger charge is 2.17. The second-order valence-electron chi connectivity index (χ2n) is 11.7. The number of allylic oxidation sites excluding steroid dienone is 2. The maximum atomic E-state index is 12.5. The van der Waals surface area contributed by atoms with Gasteiger partial charge in [-0.25, -0.2) is 0 Å². The van der Waals surface area contributed by atoms with Crippen molar-refractivity contribution in [2.75, 3.05) is 6.61 Å². The van der Waals surface area contributed by atoms with Crippen LogP contribution >= 0.6 is 0 Å². The van der Waals surface area contributed by atoms with E-state index in [4.69, 9.17) is 9.47 Å². The maximum absolute atomic E-state index is 12.5. The van der Waals surface area contributed by atoms with Crippen LogP contribution in [0.3, 0.4) is 0 Å². The van der Waals surface area contributed by atoms with Crippen molar-refractivity contribution in [3.05, 3.63) is 25.3 Å². The molecule has 0 aliphatic rings. The molecule has 0 aliphatic heterocycles. The van der Waals surface area contributed by atoms with Crippen LogP contribution in [0, 0.1) is 0 Å². The molecule has 234 valence electrons. The Morgan fingerprint density at radius 1 is 0.550 bits per heavy atom. The van der Waals surface area contributed by atoms with Crippen LogP contribution in [0.25, 0.3) is 0 Å². The van der Waals surface area contributed by atoms with Crippen LogP contribution in [0.2, 0.25) is 0 Å². The van der Waals surface area contributed by atoms with E-state index in [2.05, 4.69) is 20.1 Å². The van der Waals surface area contributed by atoms with Crippen LogP contribution in [0.1, 0.15) is 180 Å². The minimum absolute atomic E-state index is 0.142. The van der Waals surface area contributed by atoms with Gasteiger partial charge < -0.3 is 9.47 Å². The van der Waals surface area contributed by atoms with E-state index in [1.807, 2.05) is 12.2 Å². The smallest absolute Gasteiger partial charge is 0.306 e. The van der Waals surface area contributed by atoms with Gasteiger partial charge in [-0.15, -0.1) is 13.2 Å². The van der Waals surface area contributed by atoms with E-state index in [-0.39, 0.29) is 24.6 Å². The quantitative estimate of drug-likeness (QED) is 0.0465. The lowest BCUT2D eigenvalue weighted by Crippen LogP contribution is -2.25. The maximum Gasteiger partial charge on any atom is 0.306 e. The minimum Gasteiger partial charge on any atom is -0.462 e. The zero-order chi connectivity index (χ0) is 29.4. The lowest BCUT2D eigenvalue weighted by Gasteiger charge is -2.18. The summed E-state index contributed by atoms with van der Waals surface area (Å²) in [6.07, 6.45) is 33.8. The monoisotopic (exact) mass is 562 g/mol. The van der Waals surface area contributed by atoms with Crippen LogP contribution in [-0.2, 0) is 19.1 Å². The van der Waals surface area contributed by atoms with Crippen molar-refractivity contribution in [1.29, 1.82) is 0 Å². The molecule has 0 fully saturated rings. The Morgan fingerprint density at radius 2 is 0.950 bits per heavy atom. The van der Waals surface area contributed by atoms with E-state index in [1.54, 1.807) is 0 Å². The number of hydrogen-bond donors (Lipinski definition) is 0. The molecule has 0 spiro atoms. The molecule has 0 saturated heterocycles. The number of hydrogen-bond acceptors (Lipinski definition) is 4. The Labute approximate surface area is 249 Å². The van der Waals surface area contributed by atoms with E-state index >= 15 is 0 Å². The summed E-state index contributed by atoms with van der Waals surface area (Å²) in [6.45, 7) is 9.99. The topological polar surface area (TPSA) is 52.6 Å². The zero-order valence-electron chi connectivity index (χ0n) is 26.6.